The van der Waals surface area contributed by atoms with Crippen LogP contribution < -0.4 is 10.6 Å². The normalized spacial score (nSPS) is 14.8. The lowest BCUT2D eigenvalue weighted by atomic mass is 10.1. The topological polar surface area (TPSA) is 79.9 Å². The third kappa shape index (κ3) is 6.33. The molecule has 3 aromatic carbocycles. The first-order valence-electron chi connectivity index (χ1n) is 11.8. The Morgan fingerprint density at radius 3 is 2.31 bits per heavy atom. The second kappa shape index (κ2) is 11.8. The van der Waals surface area contributed by atoms with Gasteiger partial charge in [0.05, 0.1) is 25.9 Å². The van der Waals surface area contributed by atoms with E-state index in [0.29, 0.717) is 49.8 Å². The molecule has 1 aliphatic rings. The number of methoxy groups -OCH3 is 1. The van der Waals surface area contributed by atoms with Crippen molar-refractivity contribution in [3.63, 3.8) is 0 Å². The van der Waals surface area contributed by atoms with E-state index >= 15 is 0 Å². The highest BCUT2D eigenvalue weighted by Crippen LogP contribution is 2.23. The van der Waals surface area contributed by atoms with E-state index in [4.69, 9.17) is 9.47 Å². The fraction of sp³-hybridized carbons (Fsp3) is 0.286. The number of carbonyl (C=O) groups is 2. The van der Waals surface area contributed by atoms with Crippen molar-refractivity contribution >= 4 is 23.2 Å². The van der Waals surface area contributed by atoms with Gasteiger partial charge < -0.3 is 20.1 Å². The number of rotatable bonds is 8. The van der Waals surface area contributed by atoms with Crippen molar-refractivity contribution in [2.75, 3.05) is 44.0 Å². The molecule has 0 aromatic heterocycles. The minimum absolute atomic E-state index is 0.127. The van der Waals surface area contributed by atoms with E-state index in [2.05, 4.69) is 15.5 Å². The Bertz CT molecular complexity index is 1140. The van der Waals surface area contributed by atoms with Gasteiger partial charge in [0.15, 0.2) is 0 Å². The summed E-state index contributed by atoms with van der Waals surface area (Å²) in [5.41, 5.74) is 4.72. The van der Waals surface area contributed by atoms with Crippen LogP contribution in [0.25, 0.3) is 11.1 Å². The fourth-order valence-electron chi connectivity index (χ4n) is 4.06. The van der Waals surface area contributed by atoms with Crippen LogP contribution in [0.1, 0.15) is 22.8 Å². The van der Waals surface area contributed by atoms with Crippen LogP contribution in [-0.4, -0.2) is 56.2 Å². The Labute approximate surface area is 206 Å². The molecule has 0 spiro atoms. The zero-order valence-corrected chi connectivity index (χ0v) is 20.1. The van der Waals surface area contributed by atoms with E-state index in [-0.39, 0.29) is 17.9 Å². The zero-order valence-electron chi connectivity index (χ0n) is 20.1. The van der Waals surface area contributed by atoms with Crippen molar-refractivity contribution in [2.24, 2.45) is 0 Å². The molecule has 1 atom stereocenters. The highest BCUT2D eigenvalue weighted by atomic mass is 16.5. The fourth-order valence-corrected chi connectivity index (χ4v) is 4.06. The minimum Gasteiger partial charge on any atom is -0.380 e. The van der Waals surface area contributed by atoms with Gasteiger partial charge in [-0.2, -0.15) is 0 Å². The molecule has 0 saturated carbocycles. The molecule has 0 bridgehead atoms. The maximum Gasteiger partial charge on any atom is 0.255 e. The van der Waals surface area contributed by atoms with Gasteiger partial charge in [-0.25, -0.2) is 0 Å². The number of nitrogens with zero attached hydrogens (tertiary/aromatic N) is 1. The summed E-state index contributed by atoms with van der Waals surface area (Å²) in [6, 6.07) is 22.7. The Hall–Kier alpha value is -3.52. The van der Waals surface area contributed by atoms with Crippen molar-refractivity contribution in [3.05, 3.63) is 83.9 Å². The van der Waals surface area contributed by atoms with Crippen molar-refractivity contribution in [2.45, 2.75) is 19.6 Å². The molecule has 1 fully saturated rings. The van der Waals surface area contributed by atoms with Crippen molar-refractivity contribution < 1.29 is 19.1 Å². The Balaban J connectivity index is 1.46. The average molecular weight is 474 g/mol. The number of amides is 2. The number of nitrogens with one attached hydrogen (secondary N) is 2. The Morgan fingerprint density at radius 1 is 0.943 bits per heavy atom. The standard InChI is InChI=1S/C28H31N3O4/c1-20(31-14-16-35-17-15-31)27(32)30-26-18-23(8-9-24(26)19-34-2)28(33)29-25-12-10-22(11-13-25)21-6-4-3-5-7-21/h3-13,18,20H,14-17,19H2,1-2H3,(H,29,33)(H,30,32). The minimum atomic E-state index is -0.310. The largest absolute Gasteiger partial charge is 0.380 e. The first-order valence-corrected chi connectivity index (χ1v) is 11.8. The van der Waals surface area contributed by atoms with Gasteiger partial charge in [-0.05, 0) is 42.3 Å². The molecule has 7 nitrogen and oxygen atoms in total. The molecule has 2 amide bonds. The lowest BCUT2D eigenvalue weighted by molar-refractivity contribution is -0.122. The van der Waals surface area contributed by atoms with Crippen LogP contribution in [-0.2, 0) is 20.9 Å². The van der Waals surface area contributed by atoms with Gasteiger partial charge in [-0.3, -0.25) is 14.5 Å². The summed E-state index contributed by atoms with van der Waals surface area (Å²) in [6.07, 6.45) is 0. The number of hydrogen-bond acceptors (Lipinski definition) is 5. The van der Waals surface area contributed by atoms with Gasteiger partial charge in [0, 0.05) is 42.7 Å². The molecule has 3 aromatic rings. The maximum absolute atomic E-state index is 13.0. The van der Waals surface area contributed by atoms with Crippen LogP contribution in [0.3, 0.4) is 0 Å². The average Bonchev–Trinajstić information content (AvgIpc) is 2.90. The van der Waals surface area contributed by atoms with Gasteiger partial charge in [0.2, 0.25) is 5.91 Å². The molecular weight excluding hydrogens is 442 g/mol. The molecule has 0 aliphatic carbocycles. The van der Waals surface area contributed by atoms with Gasteiger partial charge in [0.25, 0.3) is 5.91 Å². The smallest absolute Gasteiger partial charge is 0.255 e. The third-order valence-corrected chi connectivity index (χ3v) is 6.15. The quantitative estimate of drug-likeness (QED) is 0.507. The summed E-state index contributed by atoms with van der Waals surface area (Å²) in [4.78, 5) is 28.0. The van der Waals surface area contributed by atoms with Crippen LogP contribution in [0.4, 0.5) is 11.4 Å². The van der Waals surface area contributed by atoms with Crippen LogP contribution in [0.2, 0.25) is 0 Å². The molecule has 2 N–H and O–H groups in total. The van der Waals surface area contributed by atoms with E-state index in [9.17, 15) is 9.59 Å². The van der Waals surface area contributed by atoms with E-state index < -0.39 is 0 Å². The molecule has 0 radical (unpaired) electrons. The molecule has 35 heavy (non-hydrogen) atoms. The molecule has 1 aliphatic heterocycles. The highest BCUT2D eigenvalue weighted by molar-refractivity contribution is 6.06. The monoisotopic (exact) mass is 473 g/mol. The molecule has 1 unspecified atom stereocenters. The number of hydrogen-bond donors (Lipinski definition) is 2. The summed E-state index contributed by atoms with van der Waals surface area (Å²) in [5.74, 6) is -0.378. The number of benzene rings is 3. The second-order valence-corrected chi connectivity index (χ2v) is 8.52. The first-order chi connectivity index (χ1) is 17.0. The molecule has 7 heteroatoms. The van der Waals surface area contributed by atoms with Crippen molar-refractivity contribution in [3.8, 4) is 11.1 Å². The van der Waals surface area contributed by atoms with Gasteiger partial charge in [0.1, 0.15) is 0 Å². The van der Waals surface area contributed by atoms with Gasteiger partial charge >= 0.3 is 0 Å². The highest BCUT2D eigenvalue weighted by Gasteiger charge is 2.24. The number of morpholine rings is 1. The summed E-state index contributed by atoms with van der Waals surface area (Å²) in [5, 5.41) is 5.93. The lowest BCUT2D eigenvalue weighted by Gasteiger charge is -2.31. The van der Waals surface area contributed by atoms with Gasteiger partial charge in [-0.15, -0.1) is 0 Å². The van der Waals surface area contributed by atoms with Crippen LogP contribution in [0.5, 0.6) is 0 Å². The molecular formula is C28H31N3O4. The van der Waals surface area contributed by atoms with E-state index in [0.717, 1.165) is 16.7 Å². The molecule has 1 saturated heterocycles. The van der Waals surface area contributed by atoms with Crippen LogP contribution >= 0.6 is 0 Å². The summed E-state index contributed by atoms with van der Waals surface area (Å²) >= 11 is 0. The summed E-state index contributed by atoms with van der Waals surface area (Å²) < 4.78 is 10.7. The summed E-state index contributed by atoms with van der Waals surface area (Å²) in [6.45, 7) is 4.87. The maximum atomic E-state index is 13.0. The molecule has 1 heterocycles. The lowest BCUT2D eigenvalue weighted by Crippen LogP contribution is -2.47. The van der Waals surface area contributed by atoms with E-state index in [1.54, 1.807) is 19.2 Å². The SMILES string of the molecule is COCc1ccc(C(=O)Nc2ccc(-c3ccccc3)cc2)cc1NC(=O)C(C)N1CCOCC1. The predicted molar refractivity (Wildman–Crippen MR) is 137 cm³/mol. The van der Waals surface area contributed by atoms with Crippen LogP contribution in [0.15, 0.2) is 72.8 Å². The zero-order chi connectivity index (χ0) is 24.6. The summed E-state index contributed by atoms with van der Waals surface area (Å²) in [7, 11) is 1.60. The van der Waals surface area contributed by atoms with Crippen LogP contribution in [0, 0.1) is 0 Å². The van der Waals surface area contributed by atoms with E-state index in [1.807, 2.05) is 67.6 Å². The molecule has 182 valence electrons. The third-order valence-electron chi connectivity index (χ3n) is 6.15. The first kappa shape index (κ1) is 24.6. The number of anilines is 2. The number of ether oxygens (including phenoxy) is 2. The predicted octanol–water partition coefficient (Wildman–Crippen LogP) is 4.41. The van der Waals surface area contributed by atoms with Gasteiger partial charge in [-0.1, -0.05) is 48.5 Å². The Kier molecular flexibility index (Phi) is 8.26. The van der Waals surface area contributed by atoms with Crippen molar-refractivity contribution in [1.29, 1.82) is 0 Å². The van der Waals surface area contributed by atoms with Crippen molar-refractivity contribution in [1.82, 2.24) is 4.90 Å². The Morgan fingerprint density at radius 2 is 1.63 bits per heavy atom. The number of carbonyl (C=O) groups excluding carboxylic acids is 2. The van der Waals surface area contributed by atoms with E-state index in [1.165, 1.54) is 0 Å². The second-order valence-electron chi connectivity index (χ2n) is 8.52. The molecule has 4 rings (SSSR count).